The highest BCUT2D eigenvalue weighted by Crippen LogP contribution is 2.31. The molecule has 2 aromatic rings. The van der Waals surface area contributed by atoms with E-state index in [0.717, 1.165) is 21.7 Å². The number of aryl methyl sites for hydroxylation is 2. The Labute approximate surface area is 181 Å². The largest absolute Gasteiger partial charge is 0.350 e. The van der Waals surface area contributed by atoms with E-state index in [1.807, 2.05) is 26.0 Å². The smallest absolute Gasteiger partial charge is 0.247 e. The minimum atomic E-state index is -3.69. The molecule has 1 aliphatic rings. The number of anilines is 1. The highest BCUT2D eigenvalue weighted by Gasteiger charge is 2.50. The zero-order valence-electron chi connectivity index (χ0n) is 18.0. The summed E-state index contributed by atoms with van der Waals surface area (Å²) in [5.41, 5.74) is 1.72. The zero-order chi connectivity index (χ0) is 23.0. The number of hydrogen-bond donors (Lipinski definition) is 1. The van der Waals surface area contributed by atoms with Crippen molar-refractivity contribution in [2.45, 2.75) is 32.9 Å². The fourth-order valence-electron chi connectivity index (χ4n) is 3.64. The Kier molecular flexibility index (Phi) is 6.20. The Balaban J connectivity index is 1.97. The number of carbonyl (C=O) groups excluding carboxylic acids is 2. The Morgan fingerprint density at radius 2 is 1.77 bits per heavy atom. The van der Waals surface area contributed by atoms with E-state index >= 15 is 0 Å². The minimum absolute atomic E-state index is 0.114. The van der Waals surface area contributed by atoms with Crippen LogP contribution in [0.2, 0.25) is 0 Å². The van der Waals surface area contributed by atoms with Crippen molar-refractivity contribution in [3.8, 4) is 0 Å². The molecule has 7 nitrogen and oxygen atoms in total. The lowest BCUT2D eigenvalue weighted by atomic mass is 9.93. The van der Waals surface area contributed by atoms with Crippen LogP contribution >= 0.6 is 0 Å². The first-order chi connectivity index (χ1) is 14.4. The summed E-state index contributed by atoms with van der Waals surface area (Å²) in [5.74, 6) is -1.37. The van der Waals surface area contributed by atoms with Crippen LogP contribution in [0.15, 0.2) is 42.5 Å². The first kappa shape index (κ1) is 22.9. The van der Waals surface area contributed by atoms with E-state index in [1.165, 1.54) is 17.0 Å². The summed E-state index contributed by atoms with van der Waals surface area (Å²) in [5, 5.41) is 2.77. The number of halogens is 1. The number of nitrogens with one attached hydrogen (secondary N) is 1. The second-order valence-electron chi connectivity index (χ2n) is 8.11. The molecule has 2 aromatic carbocycles. The van der Waals surface area contributed by atoms with Gasteiger partial charge >= 0.3 is 0 Å². The van der Waals surface area contributed by atoms with E-state index in [4.69, 9.17) is 0 Å². The van der Waals surface area contributed by atoms with Gasteiger partial charge in [-0.1, -0.05) is 18.2 Å². The number of piperazine rings is 1. The quantitative estimate of drug-likeness (QED) is 0.761. The predicted molar refractivity (Wildman–Crippen MR) is 116 cm³/mol. The molecule has 1 fully saturated rings. The fourth-order valence-corrected chi connectivity index (χ4v) is 4.47. The van der Waals surface area contributed by atoms with E-state index in [1.54, 1.807) is 25.1 Å². The van der Waals surface area contributed by atoms with E-state index in [0.29, 0.717) is 11.3 Å². The molecule has 0 radical (unpaired) electrons. The van der Waals surface area contributed by atoms with Crippen molar-refractivity contribution in [1.29, 1.82) is 0 Å². The molecule has 1 N–H and O–H groups in total. The minimum Gasteiger partial charge on any atom is -0.350 e. The number of hydrogen-bond acceptors (Lipinski definition) is 4. The van der Waals surface area contributed by atoms with Crippen LogP contribution in [0.1, 0.15) is 23.6 Å². The molecule has 1 atom stereocenters. The summed E-state index contributed by atoms with van der Waals surface area (Å²) in [6.07, 6.45) is 1.02. The number of sulfonamides is 1. The third kappa shape index (κ3) is 4.77. The van der Waals surface area contributed by atoms with Gasteiger partial charge in [-0.3, -0.25) is 14.5 Å². The Morgan fingerprint density at radius 3 is 2.35 bits per heavy atom. The van der Waals surface area contributed by atoms with Crippen LogP contribution in [0, 0.1) is 19.7 Å². The summed E-state index contributed by atoms with van der Waals surface area (Å²) in [6.45, 7) is 4.99. The van der Waals surface area contributed by atoms with Gasteiger partial charge in [-0.15, -0.1) is 0 Å². The molecule has 166 valence electrons. The molecule has 9 heteroatoms. The predicted octanol–water partition coefficient (Wildman–Crippen LogP) is 2.13. The third-order valence-corrected chi connectivity index (χ3v) is 6.81. The lowest BCUT2D eigenvalue weighted by Crippen LogP contribution is -2.70. The molecular formula is C22H26FN3O4S. The van der Waals surface area contributed by atoms with Gasteiger partial charge in [0.25, 0.3) is 0 Å². The Bertz CT molecular complexity index is 1120. The topological polar surface area (TPSA) is 86.8 Å². The molecule has 2 amide bonds. The highest BCUT2D eigenvalue weighted by molar-refractivity contribution is 7.88. The van der Waals surface area contributed by atoms with Gasteiger partial charge in [0.15, 0.2) is 0 Å². The van der Waals surface area contributed by atoms with Crippen molar-refractivity contribution in [3.05, 3.63) is 65.0 Å². The van der Waals surface area contributed by atoms with Crippen LogP contribution in [0.5, 0.6) is 0 Å². The van der Waals surface area contributed by atoms with Crippen molar-refractivity contribution in [3.63, 3.8) is 0 Å². The van der Waals surface area contributed by atoms with Crippen molar-refractivity contribution in [2.24, 2.45) is 0 Å². The first-order valence-corrected chi connectivity index (χ1v) is 11.6. The molecule has 0 saturated carbocycles. The second kappa shape index (κ2) is 8.39. The number of rotatable bonds is 5. The molecule has 0 bridgehead atoms. The van der Waals surface area contributed by atoms with Gasteiger partial charge in [-0.25, -0.2) is 12.8 Å². The van der Waals surface area contributed by atoms with Crippen molar-refractivity contribution >= 4 is 27.5 Å². The Morgan fingerprint density at radius 1 is 1.13 bits per heavy atom. The molecule has 1 heterocycles. The van der Waals surface area contributed by atoms with Crippen molar-refractivity contribution in [1.82, 2.24) is 9.62 Å². The van der Waals surface area contributed by atoms with E-state index in [2.05, 4.69) is 5.32 Å². The number of nitrogens with zero attached hydrogens (tertiary/aromatic N) is 2. The second-order valence-corrected chi connectivity index (χ2v) is 10.1. The van der Waals surface area contributed by atoms with E-state index < -0.39 is 27.4 Å². The molecule has 0 aromatic heterocycles. The van der Waals surface area contributed by atoms with Crippen molar-refractivity contribution < 1.29 is 22.4 Å². The molecule has 1 saturated heterocycles. The monoisotopic (exact) mass is 447 g/mol. The molecule has 0 spiro atoms. The van der Waals surface area contributed by atoms with Crippen LogP contribution < -0.4 is 10.2 Å². The van der Waals surface area contributed by atoms with Crippen LogP contribution in [0.25, 0.3) is 0 Å². The molecule has 31 heavy (non-hydrogen) atoms. The van der Waals surface area contributed by atoms with Crippen LogP contribution in [0.3, 0.4) is 0 Å². The summed E-state index contributed by atoms with van der Waals surface area (Å²) in [4.78, 5) is 27.8. The summed E-state index contributed by atoms with van der Waals surface area (Å²) < 4.78 is 38.5. The van der Waals surface area contributed by atoms with Gasteiger partial charge in [0.1, 0.15) is 11.4 Å². The first-order valence-electron chi connectivity index (χ1n) is 9.80. The number of carbonyl (C=O) groups is 2. The third-order valence-electron chi connectivity index (χ3n) is 5.61. The molecule has 1 aliphatic heterocycles. The summed E-state index contributed by atoms with van der Waals surface area (Å²) >= 11 is 0. The zero-order valence-corrected chi connectivity index (χ0v) is 18.8. The number of amides is 2. The van der Waals surface area contributed by atoms with E-state index in [-0.39, 0.29) is 25.5 Å². The SMILES string of the molecule is Cc1ccc(N2C(=O)CN(S(C)(=O)=O)CC2(C)C(=O)NCc2ccc(F)cc2)cc1C. The number of benzene rings is 2. The lowest BCUT2D eigenvalue weighted by molar-refractivity contribution is -0.133. The van der Waals surface area contributed by atoms with Gasteiger partial charge in [0, 0.05) is 18.8 Å². The van der Waals surface area contributed by atoms with Gasteiger partial charge < -0.3 is 5.32 Å². The molecule has 1 unspecified atom stereocenters. The van der Waals surface area contributed by atoms with Crippen molar-refractivity contribution in [2.75, 3.05) is 24.2 Å². The molecule has 3 rings (SSSR count). The van der Waals surface area contributed by atoms with Crippen LogP contribution in [-0.2, 0) is 26.2 Å². The van der Waals surface area contributed by atoms with Gasteiger partial charge in [-0.05, 0) is 61.7 Å². The maximum atomic E-state index is 13.3. The normalized spacial score (nSPS) is 20.0. The summed E-state index contributed by atoms with van der Waals surface area (Å²) in [6, 6.07) is 11.1. The standard InChI is InChI=1S/C22H26FN3O4S/c1-15-5-10-19(11-16(15)2)26-20(27)13-25(31(4,29)30)14-22(26,3)21(28)24-12-17-6-8-18(23)9-7-17/h5-11H,12-14H2,1-4H3,(H,24,28). The molecular weight excluding hydrogens is 421 g/mol. The molecule has 0 aliphatic carbocycles. The highest BCUT2D eigenvalue weighted by atomic mass is 32.2. The average Bonchev–Trinajstić information content (AvgIpc) is 2.68. The van der Waals surface area contributed by atoms with E-state index in [9.17, 15) is 22.4 Å². The Hall–Kier alpha value is -2.78. The van der Waals surface area contributed by atoms with Gasteiger partial charge in [0.05, 0.1) is 12.8 Å². The maximum Gasteiger partial charge on any atom is 0.247 e. The summed E-state index contributed by atoms with van der Waals surface area (Å²) in [7, 11) is -3.69. The lowest BCUT2D eigenvalue weighted by Gasteiger charge is -2.46. The fraction of sp³-hybridized carbons (Fsp3) is 0.364. The maximum absolute atomic E-state index is 13.3. The van der Waals surface area contributed by atoms with Crippen LogP contribution in [0.4, 0.5) is 10.1 Å². The van der Waals surface area contributed by atoms with Gasteiger partial charge in [-0.2, -0.15) is 4.31 Å². The van der Waals surface area contributed by atoms with Crippen LogP contribution in [-0.4, -0.2) is 49.4 Å². The van der Waals surface area contributed by atoms with Gasteiger partial charge in [0.2, 0.25) is 21.8 Å². The average molecular weight is 448 g/mol.